The van der Waals surface area contributed by atoms with E-state index in [-0.39, 0.29) is 19.2 Å². The molecular weight excluding hydrogens is 368 g/mol. The van der Waals surface area contributed by atoms with Crippen molar-refractivity contribution in [3.8, 4) is 11.5 Å². The predicted molar refractivity (Wildman–Crippen MR) is 101 cm³/mol. The summed E-state index contributed by atoms with van der Waals surface area (Å²) < 4.78 is 36.4. The number of hydrogen-bond donors (Lipinski definition) is 1. The van der Waals surface area contributed by atoms with Crippen LogP contribution in [0.3, 0.4) is 0 Å². The summed E-state index contributed by atoms with van der Waals surface area (Å²) in [6.45, 7) is 0.392. The summed E-state index contributed by atoms with van der Waals surface area (Å²) in [5.74, 6) is 2.59. The SMILES string of the molecule is CS(=O)(=O)N(CCCC(=O)N[C@H]1C[C@H]2CC[C@H]1C2)c1ccc2c(c1)OCO2. The van der Waals surface area contributed by atoms with E-state index in [2.05, 4.69) is 5.32 Å². The quantitative estimate of drug-likeness (QED) is 0.767. The molecule has 1 N–H and O–H groups in total. The highest BCUT2D eigenvalue weighted by Gasteiger charge is 2.39. The monoisotopic (exact) mass is 394 g/mol. The number of sulfonamides is 1. The third-order valence-corrected chi connectivity index (χ3v) is 7.09. The van der Waals surface area contributed by atoms with Gasteiger partial charge in [-0.1, -0.05) is 6.42 Å². The van der Waals surface area contributed by atoms with Gasteiger partial charge in [0.15, 0.2) is 11.5 Å². The van der Waals surface area contributed by atoms with Crippen LogP contribution in [0.4, 0.5) is 5.69 Å². The van der Waals surface area contributed by atoms with E-state index < -0.39 is 10.0 Å². The number of benzene rings is 1. The van der Waals surface area contributed by atoms with E-state index in [1.165, 1.54) is 29.8 Å². The largest absolute Gasteiger partial charge is 0.454 e. The van der Waals surface area contributed by atoms with Crippen molar-refractivity contribution < 1.29 is 22.7 Å². The van der Waals surface area contributed by atoms with Gasteiger partial charge in [-0.2, -0.15) is 0 Å². The Morgan fingerprint density at radius 1 is 1.22 bits per heavy atom. The Morgan fingerprint density at radius 2 is 2.04 bits per heavy atom. The van der Waals surface area contributed by atoms with Crippen LogP contribution < -0.4 is 19.1 Å². The van der Waals surface area contributed by atoms with Crippen molar-refractivity contribution in [1.29, 1.82) is 0 Å². The maximum absolute atomic E-state index is 12.3. The molecule has 2 bridgehead atoms. The Morgan fingerprint density at radius 3 is 2.74 bits per heavy atom. The minimum absolute atomic E-state index is 0.0201. The molecule has 0 saturated heterocycles. The van der Waals surface area contributed by atoms with E-state index in [0.29, 0.717) is 42.0 Å². The Labute approximate surface area is 160 Å². The van der Waals surface area contributed by atoms with E-state index >= 15 is 0 Å². The molecule has 2 aliphatic carbocycles. The highest BCUT2D eigenvalue weighted by atomic mass is 32.2. The third kappa shape index (κ3) is 4.00. The minimum atomic E-state index is -3.46. The number of rotatable bonds is 7. The Balaban J connectivity index is 1.33. The number of carbonyl (C=O) groups excluding carboxylic acids is 1. The molecule has 148 valence electrons. The summed E-state index contributed by atoms with van der Waals surface area (Å²) in [7, 11) is -3.46. The van der Waals surface area contributed by atoms with Crippen LogP contribution in [0.15, 0.2) is 18.2 Å². The van der Waals surface area contributed by atoms with Crippen LogP contribution >= 0.6 is 0 Å². The predicted octanol–water partition coefficient (Wildman–Crippen LogP) is 2.27. The zero-order chi connectivity index (χ0) is 19.0. The first-order valence-electron chi connectivity index (χ1n) is 9.57. The minimum Gasteiger partial charge on any atom is -0.454 e. The Kier molecular flexibility index (Phi) is 4.92. The van der Waals surface area contributed by atoms with Crippen LogP contribution in [0.25, 0.3) is 0 Å². The van der Waals surface area contributed by atoms with Gasteiger partial charge in [-0.3, -0.25) is 9.10 Å². The number of nitrogens with one attached hydrogen (secondary N) is 1. The number of ether oxygens (including phenoxy) is 2. The molecule has 4 rings (SSSR count). The Hall–Kier alpha value is -1.96. The summed E-state index contributed by atoms with van der Waals surface area (Å²) >= 11 is 0. The molecule has 8 heteroatoms. The van der Waals surface area contributed by atoms with Gasteiger partial charge in [-0.15, -0.1) is 0 Å². The molecule has 0 spiro atoms. The van der Waals surface area contributed by atoms with Crippen molar-refractivity contribution in [2.24, 2.45) is 11.8 Å². The number of hydrogen-bond acceptors (Lipinski definition) is 5. The number of amides is 1. The molecule has 1 amide bonds. The van der Waals surface area contributed by atoms with Crippen molar-refractivity contribution in [2.75, 3.05) is 23.9 Å². The zero-order valence-corrected chi connectivity index (χ0v) is 16.3. The first-order valence-corrected chi connectivity index (χ1v) is 11.4. The summed E-state index contributed by atoms with van der Waals surface area (Å²) in [6, 6.07) is 5.39. The van der Waals surface area contributed by atoms with Crippen molar-refractivity contribution in [1.82, 2.24) is 5.32 Å². The smallest absolute Gasteiger partial charge is 0.232 e. The van der Waals surface area contributed by atoms with Gasteiger partial charge in [-0.05, 0) is 49.7 Å². The van der Waals surface area contributed by atoms with Crippen LogP contribution in [0.1, 0.15) is 38.5 Å². The van der Waals surface area contributed by atoms with Crippen LogP contribution in [0.5, 0.6) is 11.5 Å². The van der Waals surface area contributed by atoms with E-state index in [1.54, 1.807) is 18.2 Å². The Bertz CT molecular complexity index is 825. The first-order chi connectivity index (χ1) is 12.9. The number of fused-ring (bicyclic) bond motifs is 3. The molecule has 1 aromatic carbocycles. The molecule has 27 heavy (non-hydrogen) atoms. The lowest BCUT2D eigenvalue weighted by atomic mass is 9.95. The lowest BCUT2D eigenvalue weighted by molar-refractivity contribution is -0.122. The molecule has 3 atom stereocenters. The average molecular weight is 394 g/mol. The molecule has 0 aromatic heterocycles. The van der Waals surface area contributed by atoms with E-state index in [4.69, 9.17) is 9.47 Å². The summed E-state index contributed by atoms with van der Waals surface area (Å²) in [6.07, 6.45) is 6.84. The van der Waals surface area contributed by atoms with Crippen LogP contribution in [-0.2, 0) is 14.8 Å². The molecule has 7 nitrogen and oxygen atoms in total. The van der Waals surface area contributed by atoms with Gasteiger partial charge in [-0.25, -0.2) is 8.42 Å². The van der Waals surface area contributed by atoms with Gasteiger partial charge >= 0.3 is 0 Å². The highest BCUT2D eigenvalue weighted by Crippen LogP contribution is 2.44. The molecule has 1 aliphatic heterocycles. The molecule has 1 heterocycles. The van der Waals surface area contributed by atoms with Crippen molar-refractivity contribution in [2.45, 2.75) is 44.6 Å². The molecule has 2 saturated carbocycles. The van der Waals surface area contributed by atoms with Gasteiger partial charge in [0.1, 0.15) is 0 Å². The van der Waals surface area contributed by atoms with Gasteiger partial charge in [0.05, 0.1) is 11.9 Å². The first kappa shape index (κ1) is 18.4. The van der Waals surface area contributed by atoms with Gasteiger partial charge in [0, 0.05) is 25.1 Å². The maximum atomic E-state index is 12.3. The van der Waals surface area contributed by atoms with Gasteiger partial charge in [0.2, 0.25) is 22.7 Å². The molecule has 3 aliphatic rings. The second kappa shape index (κ2) is 7.22. The number of nitrogens with zero attached hydrogens (tertiary/aromatic N) is 1. The average Bonchev–Trinajstić information content (AvgIpc) is 3.33. The van der Waals surface area contributed by atoms with E-state index in [9.17, 15) is 13.2 Å². The normalized spacial score (nSPS) is 25.6. The van der Waals surface area contributed by atoms with Gasteiger partial charge < -0.3 is 14.8 Å². The highest BCUT2D eigenvalue weighted by molar-refractivity contribution is 7.92. The fraction of sp³-hybridized carbons (Fsp3) is 0.632. The molecule has 2 fully saturated rings. The fourth-order valence-electron chi connectivity index (χ4n) is 4.61. The topological polar surface area (TPSA) is 84.9 Å². The lowest BCUT2D eigenvalue weighted by Crippen LogP contribution is -2.39. The van der Waals surface area contributed by atoms with Crippen molar-refractivity contribution >= 4 is 21.6 Å². The molecule has 0 radical (unpaired) electrons. The second-order valence-electron chi connectivity index (χ2n) is 7.83. The van der Waals surface area contributed by atoms with Gasteiger partial charge in [0.25, 0.3) is 0 Å². The molecule has 0 unspecified atom stereocenters. The third-order valence-electron chi connectivity index (χ3n) is 5.89. The van der Waals surface area contributed by atoms with Crippen LogP contribution in [0.2, 0.25) is 0 Å². The van der Waals surface area contributed by atoms with Crippen LogP contribution in [-0.4, -0.2) is 40.0 Å². The molecular formula is C19H26N2O5S. The van der Waals surface area contributed by atoms with Crippen molar-refractivity contribution in [3.05, 3.63) is 18.2 Å². The summed E-state index contributed by atoms with van der Waals surface area (Å²) in [5, 5.41) is 3.15. The standard InChI is InChI=1S/C19H26N2O5S/c1-27(23,24)21(15-6-7-17-18(11-15)26-12-25-17)8-2-3-19(22)20-16-10-13-4-5-14(16)9-13/h6-7,11,13-14,16H,2-5,8-10,12H2,1H3,(H,20,22)/t13-,14-,16-/m0/s1. The summed E-state index contributed by atoms with van der Waals surface area (Å²) in [5.41, 5.74) is 0.523. The van der Waals surface area contributed by atoms with Crippen molar-refractivity contribution in [3.63, 3.8) is 0 Å². The lowest BCUT2D eigenvalue weighted by Gasteiger charge is -2.24. The summed E-state index contributed by atoms with van der Waals surface area (Å²) in [4.78, 5) is 12.3. The fourth-order valence-corrected chi connectivity index (χ4v) is 5.57. The number of anilines is 1. The second-order valence-corrected chi connectivity index (χ2v) is 9.73. The molecule has 1 aromatic rings. The number of carbonyl (C=O) groups is 1. The maximum Gasteiger partial charge on any atom is 0.232 e. The van der Waals surface area contributed by atoms with E-state index in [0.717, 1.165) is 12.3 Å². The zero-order valence-electron chi connectivity index (χ0n) is 15.5. The van der Waals surface area contributed by atoms with E-state index in [1.807, 2.05) is 0 Å². The van der Waals surface area contributed by atoms with Crippen LogP contribution in [0, 0.1) is 11.8 Å².